The van der Waals surface area contributed by atoms with E-state index in [1.165, 1.54) is 12.0 Å². The summed E-state index contributed by atoms with van der Waals surface area (Å²) in [7, 11) is 4.59. The van der Waals surface area contributed by atoms with Crippen molar-refractivity contribution in [3.63, 3.8) is 0 Å². The molecule has 4 aliphatic heterocycles. The van der Waals surface area contributed by atoms with Crippen LogP contribution in [0.3, 0.4) is 0 Å². The molecule has 5 rings (SSSR count). The second-order valence-corrected chi connectivity index (χ2v) is 20.1. The fourth-order valence-electron chi connectivity index (χ4n) is 11.3. The molecule has 4 fully saturated rings. The predicted octanol–water partition coefficient (Wildman–Crippen LogP) is 5.42. The van der Waals surface area contributed by atoms with Crippen molar-refractivity contribution in [2.24, 2.45) is 41.4 Å². The van der Waals surface area contributed by atoms with E-state index in [9.17, 15) is 39.3 Å². The van der Waals surface area contributed by atoms with Gasteiger partial charge in [-0.2, -0.15) is 0 Å². The van der Waals surface area contributed by atoms with Crippen molar-refractivity contribution < 1.29 is 67.7 Å². The lowest BCUT2D eigenvalue weighted by molar-refractivity contribution is -0.266. The molecule has 1 saturated carbocycles. The van der Waals surface area contributed by atoms with Crippen LogP contribution in [0, 0.1) is 41.4 Å². The molecular weight excluding hydrogens is 863 g/mol. The number of ether oxygens (including phenoxy) is 6. The molecule has 0 aromatic carbocycles. The van der Waals surface area contributed by atoms with Crippen LogP contribution in [0.5, 0.6) is 0 Å². The second kappa shape index (κ2) is 24.9. The Kier molecular flexibility index (Phi) is 20.3. The number of hydrogen-bond acceptors (Lipinski definition) is 14. The molecule has 1 aliphatic carbocycles. The maximum Gasteiger partial charge on any atom is 0.329 e. The normalized spacial score (nSPS) is 41.8. The van der Waals surface area contributed by atoms with Crippen molar-refractivity contribution in [2.75, 3.05) is 41.1 Å². The first-order valence-electron chi connectivity index (χ1n) is 24.6. The second-order valence-electron chi connectivity index (χ2n) is 20.1. The third-order valence-electron chi connectivity index (χ3n) is 15.3. The highest BCUT2D eigenvalue weighted by Gasteiger charge is 2.57. The van der Waals surface area contributed by atoms with Crippen LogP contribution in [0.25, 0.3) is 0 Å². The number of methoxy groups -OCH3 is 3. The molecule has 15 nitrogen and oxygen atoms in total. The summed E-state index contributed by atoms with van der Waals surface area (Å²) in [5, 5.41) is 32.9. The number of fused-ring (bicyclic) bond motifs is 3. The zero-order valence-electron chi connectivity index (χ0n) is 41.3. The van der Waals surface area contributed by atoms with E-state index in [0.717, 1.165) is 12.0 Å². The minimum absolute atomic E-state index is 0.0196. The first kappa shape index (κ1) is 54.5. The number of esters is 1. The van der Waals surface area contributed by atoms with E-state index in [0.29, 0.717) is 63.4 Å². The van der Waals surface area contributed by atoms with Gasteiger partial charge in [0.05, 0.1) is 37.6 Å². The Morgan fingerprint density at radius 2 is 1.60 bits per heavy atom. The van der Waals surface area contributed by atoms with Gasteiger partial charge in [-0.15, -0.1) is 0 Å². The molecule has 0 aromatic rings. The van der Waals surface area contributed by atoms with Crippen molar-refractivity contribution >= 4 is 29.2 Å². The summed E-state index contributed by atoms with van der Waals surface area (Å²) in [5.74, 6) is -8.43. The van der Waals surface area contributed by atoms with E-state index in [4.69, 9.17) is 28.4 Å². The number of carbonyl (C=O) groups excluding carboxylic acids is 5. The summed E-state index contributed by atoms with van der Waals surface area (Å²) < 4.78 is 35.6. The summed E-state index contributed by atoms with van der Waals surface area (Å²) >= 11 is 0. The van der Waals surface area contributed by atoms with Crippen LogP contribution < -0.4 is 0 Å². The number of nitrogens with zero attached hydrogens (tertiary/aromatic N) is 1. The van der Waals surface area contributed by atoms with E-state index in [1.807, 2.05) is 51.2 Å². The smallest absolute Gasteiger partial charge is 0.329 e. The van der Waals surface area contributed by atoms with Gasteiger partial charge in [-0.1, -0.05) is 64.2 Å². The van der Waals surface area contributed by atoms with Crippen LogP contribution in [0.15, 0.2) is 47.6 Å². The number of carbonyl (C=O) groups is 5. The van der Waals surface area contributed by atoms with Gasteiger partial charge in [0.25, 0.3) is 11.7 Å². The maximum absolute atomic E-state index is 14.5. The third-order valence-corrected chi connectivity index (χ3v) is 15.3. The molecule has 4 heterocycles. The molecule has 376 valence electrons. The number of Topliss-reactive ketones (excluding diaryl/α,β-unsaturated/α-hetero) is 3. The molecule has 2 unspecified atom stereocenters. The summed E-state index contributed by atoms with van der Waals surface area (Å²) in [5.41, 5.74) is 1.28. The van der Waals surface area contributed by atoms with E-state index >= 15 is 0 Å². The molecule has 0 radical (unpaired) electrons. The van der Waals surface area contributed by atoms with E-state index in [-0.39, 0.29) is 61.8 Å². The van der Waals surface area contributed by atoms with Crippen LogP contribution in [0.4, 0.5) is 0 Å². The van der Waals surface area contributed by atoms with Gasteiger partial charge in [0.15, 0.2) is 5.78 Å². The highest BCUT2D eigenvalue weighted by molar-refractivity contribution is 6.39. The lowest BCUT2D eigenvalue weighted by Gasteiger charge is -2.50. The van der Waals surface area contributed by atoms with E-state index in [2.05, 4.69) is 0 Å². The van der Waals surface area contributed by atoms with Gasteiger partial charge < -0.3 is 48.6 Å². The Morgan fingerprint density at radius 1 is 0.851 bits per heavy atom. The molecule has 5 aliphatic rings. The number of hydrogen-bond donors (Lipinski definition) is 3. The molecule has 0 aromatic heterocycles. The molecule has 3 saturated heterocycles. The van der Waals surface area contributed by atoms with Crippen LogP contribution in [-0.2, 0) is 52.4 Å². The van der Waals surface area contributed by atoms with Crippen LogP contribution in [0.2, 0.25) is 0 Å². The molecular formula is C52H79NO14. The summed E-state index contributed by atoms with van der Waals surface area (Å²) in [6, 6.07) is -1.13. The van der Waals surface area contributed by atoms with Gasteiger partial charge in [-0.3, -0.25) is 19.2 Å². The average Bonchev–Trinajstić information content (AvgIpc) is 3.31. The summed E-state index contributed by atoms with van der Waals surface area (Å²) in [4.78, 5) is 72.4. The van der Waals surface area contributed by atoms with Crippen LogP contribution >= 0.6 is 0 Å². The zero-order chi connectivity index (χ0) is 49.2. The van der Waals surface area contributed by atoms with Gasteiger partial charge in [0, 0.05) is 64.4 Å². The number of piperidine rings is 1. The Morgan fingerprint density at radius 3 is 2.28 bits per heavy atom. The van der Waals surface area contributed by atoms with E-state index < -0.39 is 89.6 Å². The number of rotatable bonds is 8. The fourth-order valence-corrected chi connectivity index (χ4v) is 11.3. The minimum Gasteiger partial charge on any atom is -0.460 e. The topological polar surface area (TPSA) is 205 Å². The standard InChI is InChI=1S/C52H79NO14/c1-30-14-11-10-12-15-31(2)42(62-7)28-37-19-17-35(6)52(61,67-37)49(58)50(59)53-21-13-16-38-39(26-36-18-20-41(65-23-22-54)44(27-36)63-8)43(66-51(60)45(38)53)29-40(55)32(3)25-34(5)47(57)48(64-9)46(56)33(4)24-30/h10-12,14-15,25,30,32-33,35-39,41-45,47-48,54,57,61H,13,16-24,26-29H2,1-9H3/b12-10+,14-11+,31-15+,34-25+/t30-,32-,33-,35-,36+,37?,38?,39+,41-,42+,43+,44-,45+,47-,48+,52-/m1/s1. The zero-order valence-corrected chi connectivity index (χ0v) is 41.3. The highest BCUT2D eigenvalue weighted by Crippen LogP contribution is 2.45. The lowest BCUT2D eigenvalue weighted by Crippen LogP contribution is -2.65. The average molecular weight is 942 g/mol. The van der Waals surface area contributed by atoms with Gasteiger partial charge in [-0.05, 0) is 101 Å². The predicted molar refractivity (Wildman–Crippen MR) is 249 cm³/mol. The van der Waals surface area contributed by atoms with Crippen LogP contribution in [-0.4, -0.2) is 145 Å². The van der Waals surface area contributed by atoms with Gasteiger partial charge in [0.1, 0.15) is 30.1 Å². The number of allylic oxidation sites excluding steroid dienone is 6. The van der Waals surface area contributed by atoms with Crippen molar-refractivity contribution in [2.45, 2.75) is 167 Å². The molecule has 3 N–H and O–H groups in total. The summed E-state index contributed by atoms with van der Waals surface area (Å²) in [6.07, 6.45) is 11.6. The van der Waals surface area contributed by atoms with Crippen molar-refractivity contribution in [1.29, 1.82) is 0 Å². The van der Waals surface area contributed by atoms with Gasteiger partial charge in [-0.25, -0.2) is 4.79 Å². The largest absolute Gasteiger partial charge is 0.460 e. The van der Waals surface area contributed by atoms with Crippen molar-refractivity contribution in [1.82, 2.24) is 4.90 Å². The Bertz CT molecular complexity index is 1840. The SMILES string of the molecule is CO[C@H]1CC2CC[C@@H](C)[C@@](O)(O2)C(=O)C(=O)N2CCCC3[C@H]2C(=O)O[C@@H](CC(=O)[C@H](C)/C=C(\C)[C@@H](O)[C@@H](OC)C(=O)[C@H](C)C[C@H](C)/C=C/C=C/C=C/1C)[C@H]3C[C@@H]1CC[C@@H](OCCO)[C@H](OC)C1. The van der Waals surface area contributed by atoms with Crippen molar-refractivity contribution in [3.8, 4) is 0 Å². The fraction of sp³-hybridized carbons (Fsp3) is 0.750. The Labute approximate surface area is 397 Å². The first-order chi connectivity index (χ1) is 31.9. The minimum atomic E-state index is -2.44. The van der Waals surface area contributed by atoms with Gasteiger partial charge in [0.2, 0.25) is 5.79 Å². The molecule has 16 atom stereocenters. The number of ketones is 3. The Balaban J connectivity index is 1.51. The van der Waals surface area contributed by atoms with E-state index in [1.54, 1.807) is 41.1 Å². The molecule has 6 bridgehead atoms. The van der Waals surface area contributed by atoms with Crippen molar-refractivity contribution in [3.05, 3.63) is 47.6 Å². The quantitative estimate of drug-likeness (QED) is 0.158. The lowest BCUT2D eigenvalue weighted by atomic mass is 9.68. The summed E-state index contributed by atoms with van der Waals surface area (Å²) in [6.45, 7) is 11.0. The maximum atomic E-state index is 14.5. The monoisotopic (exact) mass is 942 g/mol. The molecule has 0 spiro atoms. The highest BCUT2D eigenvalue weighted by atomic mass is 16.6. The molecule has 67 heavy (non-hydrogen) atoms. The van der Waals surface area contributed by atoms with Gasteiger partial charge >= 0.3 is 5.97 Å². The Hall–Kier alpha value is -3.41. The number of aliphatic hydroxyl groups is 3. The van der Waals surface area contributed by atoms with Crippen LogP contribution in [0.1, 0.15) is 112 Å². The molecule has 1 amide bonds. The number of amides is 1. The first-order valence-corrected chi connectivity index (χ1v) is 24.6. The third kappa shape index (κ3) is 13.3. The number of aliphatic hydroxyl groups excluding tert-OH is 2. The molecule has 15 heteroatoms.